The molecule has 2 heterocycles. The van der Waals surface area contributed by atoms with Crippen molar-refractivity contribution in [1.29, 1.82) is 0 Å². The van der Waals surface area contributed by atoms with E-state index in [2.05, 4.69) is 19.2 Å². The minimum atomic E-state index is -0.0692. The molecule has 6 nitrogen and oxygen atoms in total. The third kappa shape index (κ3) is 3.54. The van der Waals surface area contributed by atoms with E-state index in [0.29, 0.717) is 28.6 Å². The molecule has 0 aromatic carbocycles. The number of hydrogen-bond acceptors (Lipinski definition) is 7. The topological polar surface area (TPSA) is 80.9 Å². The minimum Gasteiger partial charge on any atom is -0.359 e. The van der Waals surface area contributed by atoms with Crippen LogP contribution in [-0.4, -0.2) is 25.6 Å². The second-order valence-electron chi connectivity index (χ2n) is 4.04. The van der Waals surface area contributed by atoms with Gasteiger partial charge in [0.25, 0.3) is 0 Å². The predicted octanol–water partition coefficient (Wildman–Crippen LogP) is 2.32. The van der Waals surface area contributed by atoms with Crippen LogP contribution in [0.25, 0.3) is 0 Å². The van der Waals surface area contributed by atoms with Crippen molar-refractivity contribution in [3.63, 3.8) is 0 Å². The van der Waals surface area contributed by atoms with Gasteiger partial charge in [-0.2, -0.15) is 8.75 Å². The van der Waals surface area contributed by atoms with Crippen LogP contribution >= 0.6 is 23.5 Å². The molecule has 102 valence electrons. The van der Waals surface area contributed by atoms with Gasteiger partial charge < -0.3 is 9.84 Å². The van der Waals surface area contributed by atoms with E-state index < -0.39 is 0 Å². The Morgan fingerprint density at radius 2 is 2.11 bits per heavy atom. The van der Waals surface area contributed by atoms with E-state index in [-0.39, 0.29) is 5.91 Å². The molecule has 19 heavy (non-hydrogen) atoms. The summed E-state index contributed by atoms with van der Waals surface area (Å²) in [6, 6.07) is 0. The molecule has 1 amide bonds. The van der Waals surface area contributed by atoms with Gasteiger partial charge in [-0.1, -0.05) is 5.16 Å². The van der Waals surface area contributed by atoms with Gasteiger partial charge in [0.2, 0.25) is 5.91 Å². The highest BCUT2D eigenvalue weighted by Gasteiger charge is 2.12. The van der Waals surface area contributed by atoms with Crippen molar-refractivity contribution < 1.29 is 9.32 Å². The van der Waals surface area contributed by atoms with Gasteiger partial charge in [-0.05, 0) is 20.8 Å². The van der Waals surface area contributed by atoms with Crippen LogP contribution in [0.4, 0.5) is 5.69 Å². The number of hydrogen-bond donors (Lipinski definition) is 1. The summed E-state index contributed by atoms with van der Waals surface area (Å²) in [4.78, 5) is 11.8. The van der Waals surface area contributed by atoms with Crippen molar-refractivity contribution in [3.8, 4) is 0 Å². The summed E-state index contributed by atoms with van der Waals surface area (Å²) in [5.74, 6) is 1.61. The Morgan fingerprint density at radius 1 is 1.32 bits per heavy atom. The predicted molar refractivity (Wildman–Crippen MR) is 75.4 cm³/mol. The van der Waals surface area contributed by atoms with E-state index in [1.807, 2.05) is 6.92 Å². The number of aryl methyl sites for hydroxylation is 3. The smallest absolute Gasteiger partial charge is 0.234 e. The summed E-state index contributed by atoms with van der Waals surface area (Å²) in [5.41, 5.74) is 3.23. The van der Waals surface area contributed by atoms with E-state index in [0.717, 1.165) is 11.4 Å². The average molecular weight is 298 g/mol. The first kappa shape index (κ1) is 14.0. The SMILES string of the molecule is Cc1nsnc1CSCC(=O)Nc1c(C)noc1C. The van der Waals surface area contributed by atoms with Gasteiger partial charge in [-0.15, -0.1) is 11.8 Å². The zero-order chi connectivity index (χ0) is 13.8. The molecular weight excluding hydrogens is 284 g/mol. The lowest BCUT2D eigenvalue weighted by atomic mass is 10.3. The van der Waals surface area contributed by atoms with Crippen molar-refractivity contribution in [2.45, 2.75) is 26.5 Å². The Kier molecular flexibility index (Phi) is 4.54. The first-order chi connectivity index (χ1) is 9.08. The molecule has 0 aliphatic heterocycles. The van der Waals surface area contributed by atoms with Crippen molar-refractivity contribution in [2.24, 2.45) is 0 Å². The lowest BCUT2D eigenvalue weighted by Gasteiger charge is -2.03. The minimum absolute atomic E-state index is 0.0692. The fourth-order valence-corrected chi connectivity index (χ4v) is 2.93. The Balaban J connectivity index is 1.81. The molecule has 0 saturated heterocycles. The van der Waals surface area contributed by atoms with Crippen LogP contribution in [0.5, 0.6) is 0 Å². The second kappa shape index (κ2) is 6.16. The molecular formula is C11H14N4O2S2. The summed E-state index contributed by atoms with van der Waals surface area (Å²) in [6.07, 6.45) is 0. The monoisotopic (exact) mass is 298 g/mol. The largest absolute Gasteiger partial charge is 0.359 e. The highest BCUT2D eigenvalue weighted by atomic mass is 32.2. The molecule has 2 aromatic rings. The maximum absolute atomic E-state index is 11.8. The molecule has 2 rings (SSSR count). The number of rotatable bonds is 5. The quantitative estimate of drug-likeness (QED) is 0.912. The molecule has 0 radical (unpaired) electrons. The van der Waals surface area contributed by atoms with Crippen LogP contribution in [0.15, 0.2) is 4.52 Å². The average Bonchev–Trinajstić information content (AvgIpc) is 2.90. The summed E-state index contributed by atoms with van der Waals surface area (Å²) >= 11 is 2.71. The second-order valence-corrected chi connectivity index (χ2v) is 5.55. The number of carbonyl (C=O) groups excluding carboxylic acids is 1. The van der Waals surface area contributed by atoms with Gasteiger partial charge in [0, 0.05) is 5.75 Å². The molecule has 0 bridgehead atoms. The molecule has 1 N–H and O–H groups in total. The maximum atomic E-state index is 11.8. The molecule has 2 aromatic heterocycles. The Bertz CT molecular complexity index is 560. The number of nitrogens with one attached hydrogen (secondary N) is 1. The van der Waals surface area contributed by atoms with Gasteiger partial charge in [0.15, 0.2) is 5.76 Å². The maximum Gasteiger partial charge on any atom is 0.234 e. The molecule has 0 fully saturated rings. The van der Waals surface area contributed by atoms with Crippen molar-refractivity contribution in [3.05, 3.63) is 22.8 Å². The third-order valence-corrected chi connectivity index (χ3v) is 4.12. The van der Waals surface area contributed by atoms with Crippen LogP contribution in [0.1, 0.15) is 22.8 Å². The highest BCUT2D eigenvalue weighted by molar-refractivity contribution is 7.99. The van der Waals surface area contributed by atoms with Crippen LogP contribution in [-0.2, 0) is 10.5 Å². The zero-order valence-electron chi connectivity index (χ0n) is 10.9. The summed E-state index contributed by atoms with van der Waals surface area (Å²) < 4.78 is 13.3. The number of aromatic nitrogens is 3. The highest BCUT2D eigenvalue weighted by Crippen LogP contribution is 2.19. The van der Waals surface area contributed by atoms with E-state index in [9.17, 15) is 4.79 Å². The van der Waals surface area contributed by atoms with E-state index in [1.165, 1.54) is 23.5 Å². The third-order valence-electron chi connectivity index (χ3n) is 2.52. The van der Waals surface area contributed by atoms with E-state index >= 15 is 0 Å². The van der Waals surface area contributed by atoms with Crippen LogP contribution in [0.3, 0.4) is 0 Å². The molecule has 0 unspecified atom stereocenters. The fraction of sp³-hybridized carbons (Fsp3) is 0.455. The van der Waals surface area contributed by atoms with Crippen molar-refractivity contribution >= 4 is 35.1 Å². The first-order valence-corrected chi connectivity index (χ1v) is 7.55. The fourth-order valence-electron chi connectivity index (χ4n) is 1.46. The van der Waals surface area contributed by atoms with Gasteiger partial charge in [0.05, 0.1) is 28.9 Å². The Hall–Kier alpha value is -1.41. The standard InChI is InChI=1S/C11H14N4O2S2/c1-6-9(15-19-14-6)4-18-5-10(16)12-11-7(2)13-17-8(11)3/h4-5H2,1-3H3,(H,12,16). The molecule has 0 saturated carbocycles. The van der Waals surface area contributed by atoms with Crippen molar-refractivity contribution in [1.82, 2.24) is 13.9 Å². The van der Waals surface area contributed by atoms with Gasteiger partial charge >= 0.3 is 0 Å². The summed E-state index contributed by atoms with van der Waals surface area (Å²) in [7, 11) is 0. The number of thioether (sulfide) groups is 1. The molecule has 0 spiro atoms. The molecule has 0 atom stereocenters. The number of carbonyl (C=O) groups is 1. The van der Waals surface area contributed by atoms with E-state index in [1.54, 1.807) is 13.8 Å². The van der Waals surface area contributed by atoms with Gasteiger partial charge in [0.1, 0.15) is 11.4 Å². The first-order valence-electron chi connectivity index (χ1n) is 5.66. The normalized spacial score (nSPS) is 10.7. The Labute approximate surface area is 119 Å². The van der Waals surface area contributed by atoms with Crippen LogP contribution in [0, 0.1) is 20.8 Å². The van der Waals surface area contributed by atoms with Crippen LogP contribution < -0.4 is 5.32 Å². The number of anilines is 1. The van der Waals surface area contributed by atoms with Crippen molar-refractivity contribution in [2.75, 3.05) is 11.1 Å². The van der Waals surface area contributed by atoms with E-state index in [4.69, 9.17) is 4.52 Å². The molecule has 0 aliphatic rings. The summed E-state index contributed by atoms with van der Waals surface area (Å²) in [5, 5.41) is 6.59. The molecule has 0 aliphatic carbocycles. The van der Waals surface area contributed by atoms with Gasteiger partial charge in [-0.3, -0.25) is 4.79 Å². The lowest BCUT2D eigenvalue weighted by Crippen LogP contribution is -2.15. The summed E-state index contributed by atoms with van der Waals surface area (Å²) in [6.45, 7) is 5.49. The van der Waals surface area contributed by atoms with Crippen LogP contribution in [0.2, 0.25) is 0 Å². The molecule has 8 heteroatoms. The number of nitrogens with zero attached hydrogens (tertiary/aromatic N) is 3. The Morgan fingerprint density at radius 3 is 2.68 bits per heavy atom. The zero-order valence-corrected chi connectivity index (χ0v) is 12.5. The number of amides is 1. The lowest BCUT2D eigenvalue weighted by molar-refractivity contribution is -0.113. The van der Waals surface area contributed by atoms with Gasteiger partial charge in [-0.25, -0.2) is 0 Å².